The van der Waals surface area contributed by atoms with E-state index in [0.717, 1.165) is 4.90 Å². The molecule has 9 heteroatoms. The van der Waals surface area contributed by atoms with Gasteiger partial charge in [-0.25, -0.2) is 14.6 Å². The van der Waals surface area contributed by atoms with Gasteiger partial charge in [0.25, 0.3) is 0 Å². The molecule has 27 heavy (non-hydrogen) atoms. The maximum absolute atomic E-state index is 12.5. The van der Waals surface area contributed by atoms with Crippen molar-refractivity contribution in [3.05, 3.63) is 48.4 Å². The van der Waals surface area contributed by atoms with Crippen molar-refractivity contribution in [3.63, 3.8) is 0 Å². The van der Waals surface area contributed by atoms with Gasteiger partial charge in [0.2, 0.25) is 5.91 Å². The van der Waals surface area contributed by atoms with Gasteiger partial charge in [-0.15, -0.1) is 0 Å². The van der Waals surface area contributed by atoms with Gasteiger partial charge < -0.3 is 14.5 Å². The van der Waals surface area contributed by atoms with E-state index in [9.17, 15) is 19.2 Å². The number of amides is 5. The number of hydrogen-bond donors (Lipinski definition) is 1. The van der Waals surface area contributed by atoms with Crippen molar-refractivity contribution in [2.45, 2.75) is 13.0 Å². The SMILES string of the molecule is COc1ccc(N2C(=O)C(=O)N(CC(=O)N[C@H](C)c3ccco3)C2=O)cc1. The van der Waals surface area contributed by atoms with E-state index in [-0.39, 0.29) is 5.69 Å². The van der Waals surface area contributed by atoms with Crippen LogP contribution in [0.3, 0.4) is 0 Å². The van der Waals surface area contributed by atoms with Gasteiger partial charge in [-0.05, 0) is 43.3 Å². The van der Waals surface area contributed by atoms with Crippen LogP contribution >= 0.6 is 0 Å². The van der Waals surface area contributed by atoms with Crippen molar-refractivity contribution in [2.24, 2.45) is 0 Å². The topological polar surface area (TPSA) is 109 Å². The van der Waals surface area contributed by atoms with Crippen LogP contribution in [0.15, 0.2) is 47.1 Å². The van der Waals surface area contributed by atoms with Crippen LogP contribution in [0.25, 0.3) is 0 Å². The zero-order valence-corrected chi connectivity index (χ0v) is 14.7. The molecule has 1 fully saturated rings. The minimum absolute atomic E-state index is 0.214. The summed E-state index contributed by atoms with van der Waals surface area (Å²) in [5, 5.41) is 2.61. The highest BCUT2D eigenvalue weighted by Gasteiger charge is 2.46. The van der Waals surface area contributed by atoms with Crippen LogP contribution in [0, 0.1) is 0 Å². The van der Waals surface area contributed by atoms with Gasteiger partial charge in [-0.1, -0.05) is 0 Å². The van der Waals surface area contributed by atoms with Gasteiger partial charge in [0.15, 0.2) is 0 Å². The lowest BCUT2D eigenvalue weighted by atomic mass is 10.2. The number of anilines is 1. The third-order valence-corrected chi connectivity index (χ3v) is 4.03. The Balaban J connectivity index is 1.70. The average Bonchev–Trinajstić information content (AvgIpc) is 3.26. The molecule has 140 valence electrons. The number of nitrogens with zero attached hydrogens (tertiary/aromatic N) is 2. The lowest BCUT2D eigenvalue weighted by Crippen LogP contribution is -2.42. The van der Waals surface area contributed by atoms with E-state index in [1.165, 1.54) is 25.5 Å². The Labute approximate surface area is 154 Å². The third kappa shape index (κ3) is 3.52. The lowest BCUT2D eigenvalue weighted by Gasteiger charge is -2.17. The summed E-state index contributed by atoms with van der Waals surface area (Å²) in [5.41, 5.74) is 0.214. The summed E-state index contributed by atoms with van der Waals surface area (Å²) in [6.07, 6.45) is 1.47. The Hall–Kier alpha value is -3.62. The second-order valence-electron chi connectivity index (χ2n) is 5.82. The molecule has 0 unspecified atom stereocenters. The number of methoxy groups -OCH3 is 1. The number of ether oxygens (including phenoxy) is 1. The molecule has 1 atom stereocenters. The number of furan rings is 1. The van der Waals surface area contributed by atoms with E-state index >= 15 is 0 Å². The molecule has 1 aromatic carbocycles. The molecule has 1 aliphatic rings. The van der Waals surface area contributed by atoms with Crippen LogP contribution in [0.4, 0.5) is 10.5 Å². The minimum atomic E-state index is -1.06. The fourth-order valence-corrected chi connectivity index (χ4v) is 2.64. The van der Waals surface area contributed by atoms with Crippen LogP contribution < -0.4 is 15.0 Å². The zero-order valence-electron chi connectivity index (χ0n) is 14.7. The van der Waals surface area contributed by atoms with Crippen molar-refractivity contribution in [2.75, 3.05) is 18.6 Å². The Kier molecular flexibility index (Phi) is 4.93. The molecule has 0 saturated carbocycles. The van der Waals surface area contributed by atoms with Gasteiger partial charge >= 0.3 is 17.8 Å². The van der Waals surface area contributed by atoms with Gasteiger partial charge in [0.05, 0.1) is 25.1 Å². The maximum atomic E-state index is 12.5. The highest BCUT2D eigenvalue weighted by atomic mass is 16.5. The van der Waals surface area contributed by atoms with E-state index in [2.05, 4.69) is 5.32 Å². The van der Waals surface area contributed by atoms with E-state index in [1.54, 1.807) is 31.2 Å². The molecule has 1 N–H and O–H groups in total. The molecule has 2 heterocycles. The Bertz CT molecular complexity index is 875. The number of nitrogens with one attached hydrogen (secondary N) is 1. The number of benzene rings is 1. The van der Waals surface area contributed by atoms with Crippen LogP contribution in [0.5, 0.6) is 5.75 Å². The summed E-state index contributed by atoms with van der Waals surface area (Å²) in [7, 11) is 1.48. The van der Waals surface area contributed by atoms with E-state index < -0.39 is 36.3 Å². The quantitative estimate of drug-likeness (QED) is 0.608. The van der Waals surface area contributed by atoms with Crippen molar-refractivity contribution < 1.29 is 28.3 Å². The first kappa shape index (κ1) is 18.2. The molecule has 0 spiro atoms. The van der Waals surface area contributed by atoms with Crippen molar-refractivity contribution >= 4 is 29.4 Å². The van der Waals surface area contributed by atoms with Gasteiger partial charge in [-0.3, -0.25) is 14.4 Å². The number of hydrogen-bond acceptors (Lipinski definition) is 6. The highest BCUT2D eigenvalue weighted by molar-refractivity contribution is 6.53. The molecular weight excluding hydrogens is 354 g/mol. The zero-order chi connectivity index (χ0) is 19.6. The Morgan fingerprint density at radius 3 is 2.44 bits per heavy atom. The Morgan fingerprint density at radius 2 is 1.85 bits per heavy atom. The van der Waals surface area contributed by atoms with E-state index in [4.69, 9.17) is 9.15 Å². The van der Waals surface area contributed by atoms with Crippen molar-refractivity contribution in [3.8, 4) is 5.75 Å². The predicted octanol–water partition coefficient (Wildman–Crippen LogP) is 1.46. The van der Waals surface area contributed by atoms with E-state index in [0.29, 0.717) is 16.4 Å². The number of urea groups is 1. The largest absolute Gasteiger partial charge is 0.497 e. The number of carbonyl (C=O) groups excluding carboxylic acids is 4. The molecule has 1 aromatic heterocycles. The van der Waals surface area contributed by atoms with Crippen molar-refractivity contribution in [1.82, 2.24) is 10.2 Å². The average molecular weight is 371 g/mol. The molecule has 0 radical (unpaired) electrons. The second-order valence-corrected chi connectivity index (χ2v) is 5.82. The van der Waals surface area contributed by atoms with Gasteiger partial charge in [0, 0.05) is 0 Å². The highest BCUT2D eigenvalue weighted by Crippen LogP contribution is 2.24. The molecular formula is C18H17N3O6. The molecule has 3 rings (SSSR count). The van der Waals surface area contributed by atoms with E-state index in [1.807, 2.05) is 0 Å². The summed E-state index contributed by atoms with van der Waals surface area (Å²) in [4.78, 5) is 50.4. The first-order chi connectivity index (χ1) is 12.9. The minimum Gasteiger partial charge on any atom is -0.497 e. The number of imide groups is 2. The smallest absolute Gasteiger partial charge is 0.339 e. The fraction of sp³-hybridized carbons (Fsp3) is 0.222. The van der Waals surface area contributed by atoms with Gasteiger partial charge in [-0.2, -0.15) is 0 Å². The van der Waals surface area contributed by atoms with Crippen LogP contribution in [0.2, 0.25) is 0 Å². The van der Waals surface area contributed by atoms with Crippen molar-refractivity contribution in [1.29, 1.82) is 0 Å². The first-order valence-corrected chi connectivity index (χ1v) is 8.09. The summed E-state index contributed by atoms with van der Waals surface area (Å²) in [5.74, 6) is -1.61. The van der Waals surface area contributed by atoms with Crippen LogP contribution in [-0.4, -0.2) is 42.3 Å². The van der Waals surface area contributed by atoms with Crippen LogP contribution in [0.1, 0.15) is 18.7 Å². The standard InChI is InChI=1S/C18H17N3O6/c1-11(14-4-3-9-27-14)19-15(22)10-20-16(23)17(24)21(18(20)25)12-5-7-13(26-2)8-6-12/h3-9,11H,10H2,1-2H3,(H,19,22)/t11-/m1/s1. The molecule has 5 amide bonds. The predicted molar refractivity (Wildman–Crippen MR) is 92.9 cm³/mol. The summed E-state index contributed by atoms with van der Waals surface area (Å²) in [6, 6.07) is 8.10. The second kappa shape index (κ2) is 7.32. The maximum Gasteiger partial charge on any atom is 0.339 e. The number of carbonyl (C=O) groups is 4. The van der Waals surface area contributed by atoms with Crippen LogP contribution in [-0.2, 0) is 14.4 Å². The summed E-state index contributed by atoms with van der Waals surface area (Å²) in [6.45, 7) is 1.13. The first-order valence-electron chi connectivity index (χ1n) is 8.09. The van der Waals surface area contributed by atoms with Gasteiger partial charge in [0.1, 0.15) is 18.1 Å². The molecule has 1 saturated heterocycles. The normalized spacial score (nSPS) is 15.3. The third-order valence-electron chi connectivity index (χ3n) is 4.03. The molecule has 0 bridgehead atoms. The summed E-state index contributed by atoms with van der Waals surface area (Å²) >= 11 is 0. The summed E-state index contributed by atoms with van der Waals surface area (Å²) < 4.78 is 10.2. The molecule has 0 aliphatic carbocycles. The monoisotopic (exact) mass is 371 g/mol. The fourth-order valence-electron chi connectivity index (χ4n) is 2.64. The molecule has 1 aliphatic heterocycles. The molecule has 9 nitrogen and oxygen atoms in total. The number of rotatable bonds is 6. The Morgan fingerprint density at radius 1 is 1.15 bits per heavy atom. The lowest BCUT2D eigenvalue weighted by molar-refractivity contribution is -0.140. The molecule has 2 aromatic rings.